The van der Waals surface area contributed by atoms with Gasteiger partial charge in [0.15, 0.2) is 0 Å². The summed E-state index contributed by atoms with van der Waals surface area (Å²) in [6.45, 7) is 11.2. The molecule has 5 aromatic carbocycles. The van der Waals surface area contributed by atoms with E-state index in [0.717, 1.165) is 22.4 Å². The zero-order chi connectivity index (χ0) is 27.8. The van der Waals surface area contributed by atoms with Crippen molar-refractivity contribution in [1.29, 1.82) is 0 Å². The van der Waals surface area contributed by atoms with Gasteiger partial charge in [0.2, 0.25) is 0 Å². The van der Waals surface area contributed by atoms with Crippen LogP contribution in [0.15, 0.2) is 96.6 Å². The van der Waals surface area contributed by atoms with Gasteiger partial charge in [0.1, 0.15) is 0 Å². The molecule has 0 fully saturated rings. The van der Waals surface area contributed by atoms with E-state index >= 15 is 0 Å². The molecule has 0 spiro atoms. The minimum absolute atomic E-state index is 0. The Morgan fingerprint density at radius 2 is 1.51 bits per heavy atom. The van der Waals surface area contributed by atoms with E-state index in [1.54, 1.807) is 0 Å². The van der Waals surface area contributed by atoms with Crippen LogP contribution in [0.1, 0.15) is 59.6 Å². The predicted molar refractivity (Wildman–Crippen MR) is 174 cm³/mol. The maximum Gasteiger partial charge on any atom is 3.00 e. The molecule has 43 heavy (non-hydrogen) atoms. The molecule has 0 saturated heterocycles. The first kappa shape index (κ1) is 35.3. The predicted octanol–water partition coefficient (Wildman–Crippen LogP) is 4.55. The van der Waals surface area contributed by atoms with Gasteiger partial charge in [-0.05, 0) is 75.4 Å². The Bertz CT molecular complexity index is 1750. The molecule has 1 unspecified atom stereocenters. The number of aryl methyl sites for hydroxylation is 1. The normalized spacial score (nSPS) is 13.8. The number of hydrogen-bond acceptors (Lipinski definition) is 0. The molecule has 4 heteroatoms. The van der Waals surface area contributed by atoms with Crippen molar-refractivity contribution in [2.45, 2.75) is 52.6 Å². The first-order valence-electron chi connectivity index (χ1n) is 14.5. The third-order valence-corrected chi connectivity index (χ3v) is 8.30. The Morgan fingerprint density at radius 3 is 2.28 bits per heavy atom. The van der Waals surface area contributed by atoms with Crippen LogP contribution in [0.2, 0.25) is 13.1 Å². The van der Waals surface area contributed by atoms with Gasteiger partial charge in [0.25, 0.3) is 0 Å². The van der Waals surface area contributed by atoms with Crippen molar-refractivity contribution in [2.75, 3.05) is 0 Å². The van der Waals surface area contributed by atoms with Crippen LogP contribution in [0, 0.1) is 18.9 Å². The molecule has 0 nitrogen and oxygen atoms in total. The number of benzene rings is 5. The average molecular weight is 696 g/mol. The van der Waals surface area contributed by atoms with Gasteiger partial charge in [-0.25, -0.2) is 0 Å². The van der Waals surface area contributed by atoms with E-state index in [4.69, 9.17) is 0 Å². The quantitative estimate of drug-likeness (QED) is 0.188. The summed E-state index contributed by atoms with van der Waals surface area (Å²) in [7, 11) is 1.08. The molecule has 7 rings (SSSR count). The van der Waals surface area contributed by atoms with Gasteiger partial charge in [-0.15, -0.1) is 16.7 Å². The smallest absolute Gasteiger partial charge is 1.00 e. The summed E-state index contributed by atoms with van der Waals surface area (Å²) >= 11 is 0. The second kappa shape index (κ2) is 15.2. The minimum atomic E-state index is 0. The molecule has 0 N–H and O–H groups in total. The maximum atomic E-state index is 3.75. The fourth-order valence-electron chi connectivity index (χ4n) is 6.79. The molecule has 2 aliphatic rings. The number of fused-ring (bicyclic) bond motifs is 5. The zero-order valence-electron chi connectivity index (χ0n) is 25.6. The summed E-state index contributed by atoms with van der Waals surface area (Å²) in [6.07, 6.45) is 4.62. The standard InChI is InChI=1S/C37H31.C2H6Si.2ClH.Zr/c1-23(2)20-27-22-35-31(36-24(3)18-19-25-10-4-7-13-29(25)36)15-9-17-33(35)37(27)32-16-8-14-30-28-12-6-5-11-26(28)21-34(30)32;1-3-2;;;/h4-15,17-19,22-23,37H,20-21H2,1-3H3;1-2H3;2*1H;/q-1;;;;+3/p-2. The van der Waals surface area contributed by atoms with Gasteiger partial charge in [0.05, 0.1) is 0 Å². The molecule has 0 aliphatic heterocycles. The van der Waals surface area contributed by atoms with Crippen molar-refractivity contribution in [1.82, 2.24) is 0 Å². The Kier molecular flexibility index (Phi) is 12.4. The first-order chi connectivity index (χ1) is 19.5. The van der Waals surface area contributed by atoms with Crippen molar-refractivity contribution in [2.24, 2.45) is 5.92 Å². The number of halogens is 2. The van der Waals surface area contributed by atoms with Crippen LogP contribution >= 0.6 is 0 Å². The Morgan fingerprint density at radius 1 is 0.814 bits per heavy atom. The summed E-state index contributed by atoms with van der Waals surface area (Å²) < 4.78 is 0. The Hall–Kier alpha value is -2.22. The van der Waals surface area contributed by atoms with Crippen LogP contribution < -0.4 is 24.8 Å². The average Bonchev–Trinajstić information content (AvgIpc) is 3.51. The molecule has 215 valence electrons. The summed E-state index contributed by atoms with van der Waals surface area (Å²) in [5, 5.41) is 2.63. The fourth-order valence-corrected chi connectivity index (χ4v) is 6.79. The molecular formula is C39H37Cl2SiZr. The second-order valence-corrected chi connectivity index (χ2v) is 12.7. The number of hydrogen-bond donors (Lipinski definition) is 0. The molecule has 3 radical (unpaired) electrons. The molecule has 1 atom stereocenters. The van der Waals surface area contributed by atoms with Gasteiger partial charge < -0.3 is 24.8 Å². The van der Waals surface area contributed by atoms with E-state index in [-0.39, 0.29) is 56.9 Å². The van der Waals surface area contributed by atoms with Gasteiger partial charge >= 0.3 is 26.2 Å². The minimum Gasteiger partial charge on any atom is -1.00 e. The molecule has 0 saturated carbocycles. The van der Waals surface area contributed by atoms with Crippen molar-refractivity contribution >= 4 is 26.4 Å². The number of rotatable bonds is 4. The molecule has 0 heterocycles. The summed E-state index contributed by atoms with van der Waals surface area (Å²) in [4.78, 5) is 0. The Balaban J connectivity index is 0.000000812. The third kappa shape index (κ3) is 6.60. The zero-order valence-corrected chi connectivity index (χ0v) is 30.5. The SMILES string of the molecule is C[Si]C.Cc1ccc2ccccc2c1-c1cccc2c1C=C(CC(C)C)C2c1[c-]ccc2c1Cc1ccccc1-2.[Cl-].[Cl-].[Zr+3]. The second-order valence-electron chi connectivity index (χ2n) is 11.7. The van der Waals surface area contributed by atoms with Crippen LogP contribution in [0.5, 0.6) is 0 Å². The van der Waals surface area contributed by atoms with Crippen LogP contribution in [0.3, 0.4) is 0 Å². The molecular weight excluding hydrogens is 659 g/mol. The summed E-state index contributed by atoms with van der Waals surface area (Å²) in [5.41, 5.74) is 15.4. The van der Waals surface area contributed by atoms with E-state index < -0.39 is 0 Å². The molecule has 5 aromatic rings. The topological polar surface area (TPSA) is 0 Å². The maximum absolute atomic E-state index is 3.75. The monoisotopic (exact) mass is 693 g/mol. The third-order valence-electron chi connectivity index (χ3n) is 8.30. The van der Waals surface area contributed by atoms with Gasteiger partial charge in [-0.2, -0.15) is 18.2 Å². The van der Waals surface area contributed by atoms with E-state index in [1.807, 2.05) is 0 Å². The summed E-state index contributed by atoms with van der Waals surface area (Å²) in [5.74, 6) is 0.858. The van der Waals surface area contributed by atoms with Gasteiger partial charge in [-0.3, -0.25) is 0 Å². The van der Waals surface area contributed by atoms with E-state index in [1.165, 1.54) is 72.0 Å². The van der Waals surface area contributed by atoms with Crippen molar-refractivity contribution in [3.63, 3.8) is 0 Å². The fraction of sp³-hybridized carbons (Fsp3) is 0.231. The van der Waals surface area contributed by atoms with Crippen molar-refractivity contribution < 1.29 is 51.0 Å². The van der Waals surface area contributed by atoms with Crippen molar-refractivity contribution in [3.8, 4) is 22.3 Å². The van der Waals surface area contributed by atoms with Crippen LogP contribution in [-0.2, 0) is 32.6 Å². The Labute approximate surface area is 292 Å². The molecule has 0 bridgehead atoms. The van der Waals surface area contributed by atoms with Crippen LogP contribution in [-0.4, -0.2) is 9.52 Å². The van der Waals surface area contributed by atoms with Gasteiger partial charge in [0, 0.05) is 15.4 Å². The molecule has 2 aliphatic carbocycles. The molecule has 0 aromatic heterocycles. The largest absolute Gasteiger partial charge is 3.00 e. The van der Waals surface area contributed by atoms with Gasteiger partial charge in [-0.1, -0.05) is 117 Å². The van der Waals surface area contributed by atoms with E-state index in [0.29, 0.717) is 5.92 Å². The van der Waals surface area contributed by atoms with Crippen molar-refractivity contribution in [3.05, 3.63) is 136 Å². The van der Waals surface area contributed by atoms with E-state index in [9.17, 15) is 0 Å². The first-order valence-corrected chi connectivity index (χ1v) is 16.5. The van der Waals surface area contributed by atoms with Crippen LogP contribution in [0.4, 0.5) is 0 Å². The van der Waals surface area contributed by atoms with Crippen LogP contribution in [0.25, 0.3) is 39.1 Å². The number of allylic oxidation sites excluding steroid dienone is 1. The molecule has 0 amide bonds. The van der Waals surface area contributed by atoms with E-state index in [2.05, 4.69) is 137 Å². The summed E-state index contributed by atoms with van der Waals surface area (Å²) in [6, 6.07) is 37.4.